The number of primary amides is 1. The summed E-state index contributed by atoms with van der Waals surface area (Å²) >= 11 is 0. The Morgan fingerprint density at radius 2 is 1.16 bits per heavy atom. The number of amides is 5. The molecule has 0 unspecified atom stereocenters. The molecule has 0 saturated carbocycles. The minimum absolute atomic E-state index is 0.0152. The van der Waals surface area contributed by atoms with Crippen LogP contribution >= 0.6 is 0 Å². The van der Waals surface area contributed by atoms with Crippen molar-refractivity contribution in [3.05, 3.63) is 65.7 Å². The lowest BCUT2D eigenvalue weighted by atomic mass is 10.0. The van der Waals surface area contributed by atoms with Crippen molar-refractivity contribution in [2.45, 2.75) is 68.7 Å². The van der Waals surface area contributed by atoms with Gasteiger partial charge in [0.05, 0.1) is 6.61 Å². The molecule has 5 amide bonds. The summed E-state index contributed by atoms with van der Waals surface area (Å²) in [5, 5.41) is 37.4. The number of aliphatic hydroxyl groups excluding tert-OH is 1. The fourth-order valence-electron chi connectivity index (χ4n) is 4.58. The summed E-state index contributed by atoms with van der Waals surface area (Å²) in [6.07, 6.45) is -2.85. The number of nitrogens with two attached hydrogens (primary N) is 3. The molecule has 18 nitrogen and oxygen atoms in total. The number of para-hydroxylation sites is 1. The first-order chi connectivity index (χ1) is 23.6. The number of carbonyl (C=O) groups excluding carboxylic acids is 6. The van der Waals surface area contributed by atoms with Gasteiger partial charge in [-0.3, -0.25) is 33.6 Å². The smallest absolute Gasteiger partial charge is 0.326 e. The molecule has 2 aromatic carbocycles. The first kappa shape index (κ1) is 40.3. The van der Waals surface area contributed by atoms with Gasteiger partial charge in [0.25, 0.3) is 0 Å². The van der Waals surface area contributed by atoms with Crippen molar-refractivity contribution in [2.24, 2.45) is 11.5 Å². The van der Waals surface area contributed by atoms with Crippen molar-refractivity contribution in [2.75, 3.05) is 12.3 Å². The number of ketones is 1. The summed E-state index contributed by atoms with van der Waals surface area (Å²) in [6.45, 7) is -0.813. The van der Waals surface area contributed by atoms with Crippen LogP contribution in [0.4, 0.5) is 5.69 Å². The van der Waals surface area contributed by atoms with Crippen LogP contribution in [0.1, 0.15) is 48.0 Å². The summed E-state index contributed by atoms with van der Waals surface area (Å²) in [5.74, 6) is -8.60. The van der Waals surface area contributed by atoms with Crippen molar-refractivity contribution < 1.29 is 53.7 Å². The second-order valence-electron chi connectivity index (χ2n) is 11.2. The highest BCUT2D eigenvalue weighted by Crippen LogP contribution is 2.15. The Labute approximate surface area is 286 Å². The third kappa shape index (κ3) is 13.3. The second-order valence-corrected chi connectivity index (χ2v) is 11.2. The average molecular weight is 700 g/mol. The molecule has 0 spiro atoms. The lowest BCUT2D eigenvalue weighted by Gasteiger charge is -2.26. The molecule has 0 aliphatic heterocycles. The number of carboxylic acids is 2. The number of rotatable bonds is 21. The second kappa shape index (κ2) is 19.8. The van der Waals surface area contributed by atoms with E-state index in [2.05, 4.69) is 21.3 Å². The van der Waals surface area contributed by atoms with Crippen molar-refractivity contribution in [3.8, 4) is 0 Å². The van der Waals surface area contributed by atoms with Gasteiger partial charge in [0.1, 0.15) is 30.2 Å². The van der Waals surface area contributed by atoms with Gasteiger partial charge in [-0.05, 0) is 30.5 Å². The van der Waals surface area contributed by atoms with E-state index in [1.807, 2.05) is 0 Å². The van der Waals surface area contributed by atoms with E-state index in [0.717, 1.165) is 0 Å². The van der Waals surface area contributed by atoms with E-state index in [0.29, 0.717) is 5.56 Å². The fraction of sp³-hybridized carbons (Fsp3) is 0.375. The summed E-state index contributed by atoms with van der Waals surface area (Å²) < 4.78 is 0. The van der Waals surface area contributed by atoms with Crippen molar-refractivity contribution in [1.29, 1.82) is 0 Å². The zero-order valence-corrected chi connectivity index (χ0v) is 26.9. The molecule has 2 rings (SSSR count). The maximum atomic E-state index is 13.5. The Balaban J connectivity index is 2.34. The number of anilines is 1. The third-order valence-corrected chi connectivity index (χ3v) is 7.31. The van der Waals surface area contributed by atoms with Gasteiger partial charge in [-0.25, -0.2) is 4.79 Å². The maximum Gasteiger partial charge on any atom is 0.326 e. The molecule has 50 heavy (non-hydrogen) atoms. The third-order valence-electron chi connectivity index (χ3n) is 7.31. The van der Waals surface area contributed by atoms with Gasteiger partial charge in [-0.1, -0.05) is 42.5 Å². The number of benzene rings is 2. The van der Waals surface area contributed by atoms with Gasteiger partial charge in [0.15, 0.2) is 5.78 Å². The standard InChI is InChI=1S/C32H41N7O11/c33-19-9-5-4-8-18(19)25(41)15-23(38-28(45)20(34)16-40)31(48)37-22(11-13-27(43)44)29(46)36-21(10-12-26(35)42)30(47)39-24(32(49)50)14-17-6-2-1-3-7-17/h1-9,20-24,40H,10-16,33-34H2,(H2,35,42)(H,36,46)(H,37,48)(H,38,45)(H,39,47)(H,43,44)(H,49,50)/t20-,21-,22-,23-,24-/m0/s1. The molecule has 0 heterocycles. The molecular weight excluding hydrogens is 658 g/mol. The zero-order chi connectivity index (χ0) is 37.4. The predicted molar refractivity (Wildman–Crippen MR) is 176 cm³/mol. The van der Waals surface area contributed by atoms with Gasteiger partial charge >= 0.3 is 11.9 Å². The Morgan fingerprint density at radius 1 is 0.660 bits per heavy atom. The monoisotopic (exact) mass is 699 g/mol. The first-order valence-electron chi connectivity index (χ1n) is 15.3. The van der Waals surface area contributed by atoms with E-state index in [4.69, 9.17) is 17.2 Å². The van der Waals surface area contributed by atoms with E-state index < -0.39 is 116 Å². The quantitative estimate of drug-likeness (QED) is 0.0479. The molecule has 2 aromatic rings. The average Bonchev–Trinajstić information content (AvgIpc) is 3.07. The highest BCUT2D eigenvalue weighted by atomic mass is 16.4. The minimum Gasteiger partial charge on any atom is -0.481 e. The van der Waals surface area contributed by atoms with Crippen LogP contribution in [0.25, 0.3) is 0 Å². The van der Waals surface area contributed by atoms with Crippen LogP contribution in [0.5, 0.6) is 0 Å². The number of Topliss-reactive ketones (excluding diaryl/α,β-unsaturated/α-hetero) is 1. The van der Waals surface area contributed by atoms with Gasteiger partial charge in [-0.2, -0.15) is 0 Å². The number of nitrogen functional groups attached to an aromatic ring is 1. The molecule has 0 saturated heterocycles. The fourth-order valence-corrected chi connectivity index (χ4v) is 4.58. The number of hydrogen-bond donors (Lipinski definition) is 10. The van der Waals surface area contributed by atoms with Crippen LogP contribution in [0, 0.1) is 0 Å². The molecule has 0 aliphatic carbocycles. The van der Waals surface area contributed by atoms with E-state index in [1.165, 1.54) is 18.2 Å². The van der Waals surface area contributed by atoms with Crippen LogP contribution in [0.15, 0.2) is 54.6 Å². The number of aliphatic hydroxyl groups is 1. The van der Waals surface area contributed by atoms with Crippen molar-refractivity contribution >= 4 is 52.9 Å². The van der Waals surface area contributed by atoms with E-state index in [-0.39, 0.29) is 17.7 Å². The van der Waals surface area contributed by atoms with Gasteiger partial charge in [0.2, 0.25) is 29.5 Å². The van der Waals surface area contributed by atoms with E-state index in [1.54, 1.807) is 36.4 Å². The SMILES string of the molecule is NC(=O)CC[C@H](NC(=O)[C@H](CCC(=O)O)NC(=O)[C@H](CC(=O)c1ccccc1N)NC(=O)[C@@H](N)CO)C(=O)N[C@@H](Cc1ccccc1)C(=O)O. The Kier molecular flexibility index (Phi) is 16.0. The Morgan fingerprint density at radius 3 is 1.68 bits per heavy atom. The zero-order valence-electron chi connectivity index (χ0n) is 26.9. The normalized spacial score (nSPS) is 13.7. The van der Waals surface area contributed by atoms with Crippen LogP contribution < -0.4 is 38.5 Å². The molecule has 0 radical (unpaired) electrons. The van der Waals surface area contributed by atoms with E-state index >= 15 is 0 Å². The van der Waals surface area contributed by atoms with Crippen molar-refractivity contribution in [3.63, 3.8) is 0 Å². The lowest BCUT2D eigenvalue weighted by Crippen LogP contribution is -2.59. The highest BCUT2D eigenvalue weighted by molar-refractivity contribution is 6.04. The lowest BCUT2D eigenvalue weighted by molar-refractivity contribution is -0.142. The topological polar surface area (TPSA) is 323 Å². The summed E-state index contributed by atoms with van der Waals surface area (Å²) in [4.78, 5) is 101. The molecule has 0 aliphatic rings. The molecule has 5 atom stereocenters. The minimum atomic E-state index is -1.70. The largest absolute Gasteiger partial charge is 0.481 e. The van der Waals surface area contributed by atoms with Gasteiger partial charge < -0.3 is 53.8 Å². The first-order valence-corrected chi connectivity index (χ1v) is 15.3. The van der Waals surface area contributed by atoms with Gasteiger partial charge in [0, 0.05) is 36.9 Å². The summed E-state index contributed by atoms with van der Waals surface area (Å²) in [6, 6.07) is 6.30. The van der Waals surface area contributed by atoms with Crippen LogP contribution in [-0.2, 0) is 40.0 Å². The summed E-state index contributed by atoms with van der Waals surface area (Å²) in [5.41, 5.74) is 17.3. The molecule has 270 valence electrons. The molecule has 0 fully saturated rings. The molecule has 0 bridgehead atoms. The number of carboxylic acid groups (broad SMARTS) is 2. The van der Waals surface area contributed by atoms with Crippen molar-refractivity contribution in [1.82, 2.24) is 21.3 Å². The molecular formula is C32H41N7O11. The number of aliphatic carboxylic acids is 2. The highest BCUT2D eigenvalue weighted by Gasteiger charge is 2.33. The molecule has 13 N–H and O–H groups in total. The molecule has 0 aromatic heterocycles. The predicted octanol–water partition coefficient (Wildman–Crippen LogP) is -2.44. The maximum absolute atomic E-state index is 13.5. The number of hydrogen-bond acceptors (Lipinski definition) is 11. The van der Waals surface area contributed by atoms with Crippen LogP contribution in [-0.4, -0.2) is 99.4 Å². The Bertz CT molecular complexity index is 1550. The Hall–Kier alpha value is -5.88. The van der Waals surface area contributed by atoms with Crippen LogP contribution in [0.2, 0.25) is 0 Å². The number of carbonyl (C=O) groups is 8. The number of nitrogens with one attached hydrogen (secondary N) is 4. The van der Waals surface area contributed by atoms with E-state index in [9.17, 15) is 53.7 Å². The summed E-state index contributed by atoms with van der Waals surface area (Å²) in [7, 11) is 0. The molecule has 18 heteroatoms. The van der Waals surface area contributed by atoms with Crippen LogP contribution in [0.3, 0.4) is 0 Å². The van der Waals surface area contributed by atoms with Gasteiger partial charge in [-0.15, -0.1) is 0 Å².